The molecule has 2 N–H and O–H groups in total. The lowest BCUT2D eigenvalue weighted by Gasteiger charge is -2.07. The molecule has 7 heteroatoms. The highest BCUT2D eigenvalue weighted by Gasteiger charge is 2.16. The van der Waals surface area contributed by atoms with E-state index in [1.54, 1.807) is 13.2 Å². The van der Waals surface area contributed by atoms with Crippen molar-refractivity contribution in [3.63, 3.8) is 0 Å². The number of nitrogens with zero attached hydrogens (tertiary/aromatic N) is 2. The van der Waals surface area contributed by atoms with Crippen LogP contribution < -0.4 is 15.4 Å². The molecule has 2 amide bonds. The minimum Gasteiger partial charge on any atom is -0.479 e. The second-order valence-electron chi connectivity index (χ2n) is 4.99. The average molecular weight is 316 g/mol. The van der Waals surface area contributed by atoms with Gasteiger partial charge < -0.3 is 15.4 Å². The maximum atomic E-state index is 12.0. The molecule has 2 rings (SSSR count). The van der Waals surface area contributed by atoms with Crippen molar-refractivity contribution in [2.75, 3.05) is 20.2 Å². The first-order valence-corrected chi connectivity index (χ1v) is 7.26. The fourth-order valence-electron chi connectivity index (χ4n) is 2.08. The molecule has 0 radical (unpaired) electrons. The smallest absolute Gasteiger partial charge is 0.258 e. The van der Waals surface area contributed by atoms with Crippen molar-refractivity contribution in [1.29, 1.82) is 0 Å². The van der Waals surface area contributed by atoms with Crippen molar-refractivity contribution in [3.8, 4) is 5.88 Å². The summed E-state index contributed by atoms with van der Waals surface area (Å²) in [5.41, 5.74) is 1.45. The minimum atomic E-state index is -0.395. The normalized spacial score (nSPS) is 10.2. The molecule has 0 unspecified atom stereocenters. The van der Waals surface area contributed by atoms with Gasteiger partial charge in [0.1, 0.15) is 5.56 Å². The van der Waals surface area contributed by atoms with Crippen LogP contribution >= 0.6 is 0 Å². The Morgan fingerprint density at radius 2 is 1.96 bits per heavy atom. The van der Waals surface area contributed by atoms with Gasteiger partial charge in [-0.3, -0.25) is 14.3 Å². The van der Waals surface area contributed by atoms with E-state index in [-0.39, 0.29) is 18.3 Å². The third-order valence-corrected chi connectivity index (χ3v) is 3.22. The predicted octanol–water partition coefficient (Wildman–Crippen LogP) is 0.517. The van der Waals surface area contributed by atoms with E-state index in [1.165, 1.54) is 11.8 Å². The lowest BCUT2D eigenvalue weighted by atomic mass is 10.1. The summed E-state index contributed by atoms with van der Waals surface area (Å²) in [7, 11) is 3.13. The number of rotatable bonds is 7. The van der Waals surface area contributed by atoms with Crippen molar-refractivity contribution in [2.24, 2.45) is 7.05 Å². The van der Waals surface area contributed by atoms with Crippen molar-refractivity contribution in [2.45, 2.75) is 6.42 Å². The number of aromatic nitrogens is 2. The van der Waals surface area contributed by atoms with Crippen LogP contribution in [0.3, 0.4) is 0 Å². The van der Waals surface area contributed by atoms with Gasteiger partial charge in [0.15, 0.2) is 0 Å². The summed E-state index contributed by atoms with van der Waals surface area (Å²) in [5.74, 6) is -0.403. The van der Waals surface area contributed by atoms with Crippen LogP contribution in [0.5, 0.6) is 5.88 Å². The van der Waals surface area contributed by atoms with E-state index in [1.807, 2.05) is 30.3 Å². The van der Waals surface area contributed by atoms with Crippen molar-refractivity contribution in [1.82, 2.24) is 20.4 Å². The molecule has 2 aromatic rings. The molecule has 1 aromatic carbocycles. The molecule has 0 atom stereocenters. The summed E-state index contributed by atoms with van der Waals surface area (Å²) >= 11 is 0. The molecule has 0 saturated heterocycles. The Morgan fingerprint density at radius 1 is 1.22 bits per heavy atom. The molecule has 0 spiro atoms. The molecule has 0 aliphatic rings. The van der Waals surface area contributed by atoms with Gasteiger partial charge in [-0.15, -0.1) is 5.10 Å². The SMILES string of the molecule is COc1nn(C)cc1C(=O)NCC(=O)NCCc1ccccc1. The van der Waals surface area contributed by atoms with Crippen LogP contribution in [0.1, 0.15) is 15.9 Å². The van der Waals surface area contributed by atoms with Crippen LogP contribution in [0.25, 0.3) is 0 Å². The van der Waals surface area contributed by atoms with Crippen molar-refractivity contribution >= 4 is 11.8 Å². The van der Waals surface area contributed by atoms with E-state index in [0.29, 0.717) is 12.1 Å². The zero-order chi connectivity index (χ0) is 16.7. The number of methoxy groups -OCH3 is 1. The zero-order valence-corrected chi connectivity index (χ0v) is 13.2. The van der Waals surface area contributed by atoms with Crippen LogP contribution in [0.2, 0.25) is 0 Å². The summed E-state index contributed by atoms with van der Waals surface area (Å²) in [6.45, 7) is 0.431. The van der Waals surface area contributed by atoms with Gasteiger partial charge >= 0.3 is 0 Å². The monoisotopic (exact) mass is 316 g/mol. The van der Waals surface area contributed by atoms with Gasteiger partial charge in [0.2, 0.25) is 11.8 Å². The predicted molar refractivity (Wildman–Crippen MR) is 85.2 cm³/mol. The van der Waals surface area contributed by atoms with Gasteiger partial charge in [-0.05, 0) is 12.0 Å². The van der Waals surface area contributed by atoms with E-state index in [9.17, 15) is 9.59 Å². The van der Waals surface area contributed by atoms with Crippen LogP contribution in [0.15, 0.2) is 36.5 Å². The van der Waals surface area contributed by atoms with E-state index < -0.39 is 5.91 Å². The number of hydrogen-bond acceptors (Lipinski definition) is 4. The summed E-state index contributed by atoms with van der Waals surface area (Å²) in [6, 6.07) is 9.87. The minimum absolute atomic E-state index is 0.0916. The Labute approximate surface area is 134 Å². The Morgan fingerprint density at radius 3 is 2.65 bits per heavy atom. The molecule has 122 valence electrons. The quantitative estimate of drug-likeness (QED) is 0.780. The Balaban J connectivity index is 1.74. The molecule has 23 heavy (non-hydrogen) atoms. The Kier molecular flexibility index (Phi) is 5.74. The number of amides is 2. The zero-order valence-electron chi connectivity index (χ0n) is 13.2. The van der Waals surface area contributed by atoms with E-state index in [2.05, 4.69) is 15.7 Å². The average Bonchev–Trinajstić information content (AvgIpc) is 2.94. The number of ether oxygens (including phenoxy) is 1. The van der Waals surface area contributed by atoms with Crippen LogP contribution in [-0.2, 0) is 18.3 Å². The Hall–Kier alpha value is -2.83. The number of nitrogens with one attached hydrogen (secondary N) is 2. The fraction of sp³-hybridized carbons (Fsp3) is 0.312. The van der Waals surface area contributed by atoms with Gasteiger partial charge in [0, 0.05) is 19.8 Å². The molecule has 0 fully saturated rings. The molecule has 0 aliphatic carbocycles. The lowest BCUT2D eigenvalue weighted by Crippen LogP contribution is -2.37. The maximum absolute atomic E-state index is 12.0. The first-order chi connectivity index (χ1) is 11.1. The topological polar surface area (TPSA) is 85.2 Å². The third-order valence-electron chi connectivity index (χ3n) is 3.22. The third kappa shape index (κ3) is 4.84. The first kappa shape index (κ1) is 16.5. The van der Waals surface area contributed by atoms with Crippen LogP contribution in [-0.4, -0.2) is 41.8 Å². The molecule has 1 aromatic heterocycles. The molecule has 7 nitrogen and oxygen atoms in total. The molecular formula is C16H20N4O3. The van der Waals surface area contributed by atoms with Crippen molar-refractivity contribution in [3.05, 3.63) is 47.7 Å². The molecule has 0 aliphatic heterocycles. The Bertz CT molecular complexity index is 667. The van der Waals surface area contributed by atoms with Gasteiger partial charge in [0.25, 0.3) is 5.91 Å². The van der Waals surface area contributed by atoms with Gasteiger partial charge in [-0.1, -0.05) is 30.3 Å². The van der Waals surface area contributed by atoms with Crippen LogP contribution in [0, 0.1) is 0 Å². The number of benzene rings is 1. The maximum Gasteiger partial charge on any atom is 0.258 e. The second-order valence-corrected chi connectivity index (χ2v) is 4.99. The van der Waals surface area contributed by atoms with Gasteiger partial charge in [-0.2, -0.15) is 0 Å². The van der Waals surface area contributed by atoms with E-state index in [4.69, 9.17) is 4.74 Å². The number of carbonyl (C=O) groups excluding carboxylic acids is 2. The standard InChI is InChI=1S/C16H20N4O3/c1-20-11-13(16(19-20)23-2)15(22)18-10-14(21)17-9-8-12-6-4-3-5-7-12/h3-7,11H,8-10H2,1-2H3,(H,17,21)(H,18,22). The van der Waals surface area contributed by atoms with Gasteiger partial charge in [0.05, 0.1) is 13.7 Å². The molecule has 0 bridgehead atoms. The highest BCUT2D eigenvalue weighted by Crippen LogP contribution is 2.13. The van der Waals surface area contributed by atoms with Crippen molar-refractivity contribution < 1.29 is 14.3 Å². The van der Waals surface area contributed by atoms with E-state index in [0.717, 1.165) is 12.0 Å². The first-order valence-electron chi connectivity index (χ1n) is 7.26. The second kappa shape index (κ2) is 7.98. The highest BCUT2D eigenvalue weighted by molar-refractivity contribution is 5.98. The van der Waals surface area contributed by atoms with Crippen LogP contribution in [0.4, 0.5) is 0 Å². The number of aryl methyl sites for hydroxylation is 1. The number of hydrogen-bond donors (Lipinski definition) is 2. The summed E-state index contributed by atoms with van der Waals surface area (Å²) in [5, 5.41) is 9.31. The highest BCUT2D eigenvalue weighted by atomic mass is 16.5. The van der Waals surface area contributed by atoms with Gasteiger partial charge in [-0.25, -0.2) is 0 Å². The molecule has 1 heterocycles. The summed E-state index contributed by atoms with van der Waals surface area (Å²) in [4.78, 5) is 23.8. The lowest BCUT2D eigenvalue weighted by molar-refractivity contribution is -0.120. The largest absolute Gasteiger partial charge is 0.479 e. The number of carbonyl (C=O) groups is 2. The molecular weight excluding hydrogens is 296 g/mol. The summed E-state index contributed by atoms with van der Waals surface area (Å²) < 4.78 is 6.49. The fourth-order valence-corrected chi connectivity index (χ4v) is 2.08. The molecule has 0 saturated carbocycles. The summed E-state index contributed by atoms with van der Waals surface area (Å²) in [6.07, 6.45) is 2.29. The van der Waals surface area contributed by atoms with E-state index >= 15 is 0 Å².